The van der Waals surface area contributed by atoms with Gasteiger partial charge < -0.3 is 5.73 Å². The number of hydrogen-bond acceptors (Lipinski definition) is 2. The van der Waals surface area contributed by atoms with Gasteiger partial charge in [0.25, 0.3) is 0 Å². The molecule has 0 saturated heterocycles. The van der Waals surface area contributed by atoms with E-state index in [1.165, 1.54) is 43.4 Å². The average Bonchev–Trinajstić information content (AvgIpc) is 2.47. The molecule has 1 fully saturated rings. The summed E-state index contributed by atoms with van der Waals surface area (Å²) in [6, 6.07) is 7.22. The molecular formula is C18H28N2. The maximum atomic E-state index is 6.12. The first-order valence-corrected chi connectivity index (χ1v) is 8.27. The first-order valence-electron chi connectivity index (χ1n) is 8.27. The van der Waals surface area contributed by atoms with E-state index in [0.29, 0.717) is 0 Å². The zero-order valence-corrected chi connectivity index (χ0v) is 12.9. The molecule has 1 heterocycles. The van der Waals surface area contributed by atoms with Crippen molar-refractivity contribution in [1.82, 2.24) is 4.90 Å². The highest BCUT2D eigenvalue weighted by molar-refractivity contribution is 5.51. The molecule has 2 nitrogen and oxygen atoms in total. The molecule has 2 N–H and O–H groups in total. The predicted octanol–water partition coefficient (Wildman–Crippen LogP) is 3.84. The third kappa shape index (κ3) is 2.58. The van der Waals surface area contributed by atoms with Crippen LogP contribution in [0.3, 0.4) is 0 Å². The molecule has 2 aliphatic rings. The quantitative estimate of drug-likeness (QED) is 0.829. The summed E-state index contributed by atoms with van der Waals surface area (Å²) in [7, 11) is 0. The van der Waals surface area contributed by atoms with E-state index in [-0.39, 0.29) is 0 Å². The molecule has 0 spiro atoms. The minimum absolute atomic E-state index is 0.790. The van der Waals surface area contributed by atoms with Gasteiger partial charge in [0.15, 0.2) is 0 Å². The molecule has 2 unspecified atom stereocenters. The minimum atomic E-state index is 0.790. The maximum absolute atomic E-state index is 6.12. The standard InChI is InChI=1S/C18H28N2/c1-13(2)15-7-3-4-9-18(15)20-11-10-16-14(12-20)6-5-8-17(16)19/h5-6,8,13,15,18H,3-4,7,9-12,19H2,1-2H3. The number of benzene rings is 1. The van der Waals surface area contributed by atoms with E-state index in [9.17, 15) is 0 Å². The highest BCUT2D eigenvalue weighted by Crippen LogP contribution is 2.36. The molecule has 20 heavy (non-hydrogen) atoms. The minimum Gasteiger partial charge on any atom is -0.398 e. The smallest absolute Gasteiger partial charge is 0.0350 e. The number of nitrogen functional groups attached to an aromatic ring is 1. The summed E-state index contributed by atoms with van der Waals surface area (Å²) in [5.74, 6) is 1.69. The number of nitrogens with two attached hydrogens (primary N) is 1. The van der Waals surface area contributed by atoms with Crippen molar-refractivity contribution in [2.75, 3.05) is 12.3 Å². The summed E-state index contributed by atoms with van der Waals surface area (Å²) in [6.07, 6.45) is 6.78. The molecule has 3 rings (SSSR count). The van der Waals surface area contributed by atoms with Crippen molar-refractivity contribution < 1.29 is 0 Å². The monoisotopic (exact) mass is 272 g/mol. The highest BCUT2D eigenvalue weighted by atomic mass is 15.2. The highest BCUT2D eigenvalue weighted by Gasteiger charge is 2.33. The molecule has 1 saturated carbocycles. The summed E-state index contributed by atoms with van der Waals surface area (Å²) in [4.78, 5) is 2.74. The van der Waals surface area contributed by atoms with Gasteiger partial charge in [-0.1, -0.05) is 38.8 Å². The van der Waals surface area contributed by atoms with Crippen LogP contribution in [0.4, 0.5) is 5.69 Å². The van der Waals surface area contributed by atoms with Crippen LogP contribution in [0, 0.1) is 11.8 Å². The van der Waals surface area contributed by atoms with E-state index in [4.69, 9.17) is 5.73 Å². The third-order valence-electron chi connectivity index (χ3n) is 5.44. The largest absolute Gasteiger partial charge is 0.398 e. The number of anilines is 1. The zero-order chi connectivity index (χ0) is 14.1. The van der Waals surface area contributed by atoms with Crippen LogP contribution in [0.1, 0.15) is 50.7 Å². The van der Waals surface area contributed by atoms with Crippen LogP contribution in [0.2, 0.25) is 0 Å². The van der Waals surface area contributed by atoms with Crippen LogP contribution in [-0.4, -0.2) is 17.5 Å². The molecule has 1 aromatic carbocycles. The van der Waals surface area contributed by atoms with Gasteiger partial charge in [0, 0.05) is 24.8 Å². The first kappa shape index (κ1) is 13.9. The Bertz CT molecular complexity index is 466. The van der Waals surface area contributed by atoms with Crippen LogP contribution in [0.15, 0.2) is 18.2 Å². The van der Waals surface area contributed by atoms with Crippen molar-refractivity contribution in [2.45, 2.75) is 58.5 Å². The van der Waals surface area contributed by atoms with E-state index in [1.54, 1.807) is 0 Å². The molecular weight excluding hydrogens is 244 g/mol. The fraction of sp³-hybridized carbons (Fsp3) is 0.667. The second-order valence-electron chi connectivity index (χ2n) is 6.97. The summed E-state index contributed by atoms with van der Waals surface area (Å²) in [6.45, 7) is 7.10. The third-order valence-corrected chi connectivity index (χ3v) is 5.44. The van der Waals surface area contributed by atoms with Crippen LogP contribution < -0.4 is 5.73 Å². The van der Waals surface area contributed by atoms with Crippen molar-refractivity contribution in [3.63, 3.8) is 0 Å². The van der Waals surface area contributed by atoms with Gasteiger partial charge in [0.2, 0.25) is 0 Å². The molecule has 1 aliphatic heterocycles. The van der Waals surface area contributed by atoms with Crippen LogP contribution in [0.25, 0.3) is 0 Å². The maximum Gasteiger partial charge on any atom is 0.0350 e. The molecule has 2 heteroatoms. The lowest BCUT2D eigenvalue weighted by Crippen LogP contribution is -2.46. The van der Waals surface area contributed by atoms with Gasteiger partial charge in [-0.05, 0) is 48.3 Å². The molecule has 1 aliphatic carbocycles. The lowest BCUT2D eigenvalue weighted by Gasteiger charge is -2.44. The van der Waals surface area contributed by atoms with E-state index >= 15 is 0 Å². The van der Waals surface area contributed by atoms with E-state index in [1.807, 2.05) is 6.07 Å². The average molecular weight is 272 g/mol. The van der Waals surface area contributed by atoms with Gasteiger partial charge in [-0.2, -0.15) is 0 Å². The molecule has 1 aromatic rings. The van der Waals surface area contributed by atoms with Crippen LogP contribution in [-0.2, 0) is 13.0 Å². The fourth-order valence-electron chi connectivity index (χ4n) is 4.31. The Kier molecular flexibility index (Phi) is 4.02. The normalized spacial score (nSPS) is 27.6. The second-order valence-corrected chi connectivity index (χ2v) is 6.97. The van der Waals surface area contributed by atoms with Crippen molar-refractivity contribution >= 4 is 5.69 Å². The summed E-state index contributed by atoms with van der Waals surface area (Å²) >= 11 is 0. The van der Waals surface area contributed by atoms with Gasteiger partial charge in [-0.25, -0.2) is 0 Å². The second kappa shape index (κ2) is 5.77. The molecule has 0 aromatic heterocycles. The Labute approximate surface area is 123 Å². The predicted molar refractivity (Wildman–Crippen MR) is 85.6 cm³/mol. The van der Waals surface area contributed by atoms with E-state index in [2.05, 4.69) is 30.9 Å². The van der Waals surface area contributed by atoms with Crippen LogP contribution in [0.5, 0.6) is 0 Å². The molecule has 0 amide bonds. The summed E-state index contributed by atoms with van der Waals surface area (Å²) < 4.78 is 0. The Morgan fingerprint density at radius 2 is 2.00 bits per heavy atom. The summed E-state index contributed by atoms with van der Waals surface area (Å²) in [5, 5.41) is 0. The first-order chi connectivity index (χ1) is 9.66. The van der Waals surface area contributed by atoms with Crippen LogP contribution >= 0.6 is 0 Å². The van der Waals surface area contributed by atoms with Gasteiger partial charge in [0.05, 0.1) is 0 Å². The number of nitrogens with zero attached hydrogens (tertiary/aromatic N) is 1. The Balaban J connectivity index is 1.78. The zero-order valence-electron chi connectivity index (χ0n) is 12.9. The van der Waals surface area contributed by atoms with Gasteiger partial charge in [0.1, 0.15) is 0 Å². The van der Waals surface area contributed by atoms with Crippen molar-refractivity contribution in [1.29, 1.82) is 0 Å². The fourth-order valence-corrected chi connectivity index (χ4v) is 4.31. The topological polar surface area (TPSA) is 29.3 Å². The molecule has 0 bridgehead atoms. The Morgan fingerprint density at radius 3 is 2.80 bits per heavy atom. The number of rotatable bonds is 2. The lowest BCUT2D eigenvalue weighted by molar-refractivity contribution is 0.0682. The van der Waals surface area contributed by atoms with E-state index in [0.717, 1.165) is 36.5 Å². The molecule has 2 atom stereocenters. The Hall–Kier alpha value is -1.02. The summed E-state index contributed by atoms with van der Waals surface area (Å²) in [5.41, 5.74) is 9.98. The van der Waals surface area contributed by atoms with Crippen molar-refractivity contribution in [2.24, 2.45) is 11.8 Å². The van der Waals surface area contributed by atoms with Gasteiger partial charge in [-0.15, -0.1) is 0 Å². The Morgan fingerprint density at radius 1 is 1.20 bits per heavy atom. The van der Waals surface area contributed by atoms with E-state index < -0.39 is 0 Å². The SMILES string of the molecule is CC(C)C1CCCCC1N1CCc2c(N)cccc2C1. The lowest BCUT2D eigenvalue weighted by atomic mass is 9.76. The molecule has 110 valence electrons. The van der Waals surface area contributed by atoms with Gasteiger partial charge >= 0.3 is 0 Å². The number of fused-ring (bicyclic) bond motifs is 1. The molecule has 0 radical (unpaired) electrons. The van der Waals surface area contributed by atoms with Crippen molar-refractivity contribution in [3.05, 3.63) is 29.3 Å². The van der Waals surface area contributed by atoms with Gasteiger partial charge in [-0.3, -0.25) is 4.90 Å². The van der Waals surface area contributed by atoms with Crippen molar-refractivity contribution in [3.8, 4) is 0 Å². The number of hydrogen-bond donors (Lipinski definition) is 1.